The first-order valence-electron chi connectivity index (χ1n) is 16.1. The Hall–Kier alpha value is -4.36. The summed E-state index contributed by atoms with van der Waals surface area (Å²) in [6, 6.07) is 24.7. The molecule has 0 radical (unpaired) electrons. The monoisotopic (exact) mass is 653 g/mol. The second kappa shape index (κ2) is 12.0. The van der Waals surface area contributed by atoms with Gasteiger partial charge in [0.25, 0.3) is 5.91 Å². The van der Waals surface area contributed by atoms with E-state index in [9.17, 15) is 19.5 Å². The second-order valence-electron chi connectivity index (χ2n) is 13.2. The van der Waals surface area contributed by atoms with E-state index in [0.717, 1.165) is 28.1 Å². The summed E-state index contributed by atoms with van der Waals surface area (Å²) in [5.41, 5.74) is 2.87. The number of amides is 2. The molecule has 5 atom stereocenters. The van der Waals surface area contributed by atoms with Crippen LogP contribution in [0.25, 0.3) is 0 Å². The van der Waals surface area contributed by atoms with Gasteiger partial charge < -0.3 is 24.3 Å². The van der Waals surface area contributed by atoms with Gasteiger partial charge >= 0.3 is 6.09 Å². The Morgan fingerprint density at radius 2 is 1.81 bits per heavy atom. The topological polar surface area (TPSA) is 130 Å². The number of aryl methyl sites for hydroxylation is 1. The van der Waals surface area contributed by atoms with Gasteiger partial charge in [-0.3, -0.25) is 14.4 Å². The molecule has 0 aliphatic carbocycles. The summed E-state index contributed by atoms with van der Waals surface area (Å²) in [7, 11) is -2.85. The second-order valence-corrected chi connectivity index (χ2v) is 17.2. The molecule has 3 aromatic carbocycles. The number of ether oxygens (including phenoxy) is 2. The first kappa shape index (κ1) is 31.2. The Labute approximate surface area is 274 Å². The third-order valence-electron chi connectivity index (χ3n) is 9.81. The summed E-state index contributed by atoms with van der Waals surface area (Å²) in [6.07, 6.45) is 0.553. The van der Waals surface area contributed by atoms with Crippen LogP contribution in [0.15, 0.2) is 85.1 Å². The van der Waals surface area contributed by atoms with Crippen LogP contribution in [0.1, 0.15) is 41.8 Å². The number of cyclic esters (lactones) is 1. The Bertz CT molecular complexity index is 1790. The van der Waals surface area contributed by atoms with E-state index in [1.54, 1.807) is 20.7 Å². The molecule has 3 aliphatic heterocycles. The number of carbonyl (C=O) groups is 2. The lowest BCUT2D eigenvalue weighted by molar-refractivity contribution is -0.146. The minimum absolute atomic E-state index is 0.156. The van der Waals surface area contributed by atoms with Gasteiger partial charge in [0.1, 0.15) is 18.4 Å². The molecule has 2 amide bonds. The molecule has 3 aliphatic rings. The maximum atomic E-state index is 14.7. The van der Waals surface area contributed by atoms with Crippen molar-refractivity contribution in [1.29, 1.82) is 0 Å². The minimum Gasteiger partial charge on any atom is -0.447 e. The lowest BCUT2D eigenvalue weighted by Gasteiger charge is -2.32. The molecular weight excluding hydrogens is 615 g/mol. The van der Waals surface area contributed by atoms with Gasteiger partial charge in [0.15, 0.2) is 13.9 Å². The molecule has 1 spiro atoms. The van der Waals surface area contributed by atoms with E-state index in [0.29, 0.717) is 38.4 Å². The van der Waals surface area contributed by atoms with Crippen LogP contribution in [0.2, 0.25) is 18.6 Å². The van der Waals surface area contributed by atoms with Gasteiger partial charge in [-0.1, -0.05) is 72.8 Å². The molecule has 47 heavy (non-hydrogen) atoms. The summed E-state index contributed by atoms with van der Waals surface area (Å²) in [4.78, 5) is 41.9. The number of anilines is 2. The molecule has 244 valence electrons. The van der Waals surface area contributed by atoms with Crippen molar-refractivity contribution in [3.05, 3.63) is 107 Å². The molecule has 0 saturated carbocycles. The lowest BCUT2D eigenvalue weighted by Crippen LogP contribution is -2.46. The van der Waals surface area contributed by atoms with Gasteiger partial charge in [-0.15, -0.1) is 5.10 Å². The lowest BCUT2D eigenvalue weighted by atomic mass is 9.82. The van der Waals surface area contributed by atoms with Crippen molar-refractivity contribution in [1.82, 2.24) is 15.0 Å². The third-order valence-corrected chi connectivity index (χ3v) is 12.3. The van der Waals surface area contributed by atoms with Gasteiger partial charge in [-0.05, 0) is 48.8 Å². The summed E-state index contributed by atoms with van der Waals surface area (Å²) >= 11 is 0. The Balaban J connectivity index is 1.15. The number of aliphatic hydroxyl groups excluding tert-OH is 1. The molecule has 12 heteroatoms. The molecule has 0 unspecified atom stereocenters. The van der Waals surface area contributed by atoms with Crippen molar-refractivity contribution in [2.75, 3.05) is 23.0 Å². The quantitative estimate of drug-likeness (QED) is 0.248. The van der Waals surface area contributed by atoms with Crippen molar-refractivity contribution in [3.63, 3.8) is 0 Å². The fourth-order valence-electron chi connectivity index (χ4n) is 7.71. The number of para-hydroxylation sites is 1. The summed E-state index contributed by atoms with van der Waals surface area (Å²) in [5, 5.41) is 19.3. The third kappa shape index (κ3) is 5.44. The van der Waals surface area contributed by atoms with Crippen LogP contribution < -0.4 is 9.80 Å². The maximum absolute atomic E-state index is 14.7. The fraction of sp³-hybridized carbons (Fsp3) is 0.371. The number of carbonyl (C=O) groups excluding carboxylic acids is 2. The number of aromatic nitrogens is 3. The minimum atomic E-state index is -2.85. The van der Waals surface area contributed by atoms with Crippen molar-refractivity contribution >= 4 is 31.7 Å². The van der Waals surface area contributed by atoms with Gasteiger partial charge in [0.2, 0.25) is 0 Å². The van der Waals surface area contributed by atoms with E-state index in [4.69, 9.17) is 9.47 Å². The maximum Gasteiger partial charge on any atom is 0.414 e. The molecule has 0 bridgehead atoms. The van der Waals surface area contributed by atoms with Crippen molar-refractivity contribution in [2.24, 2.45) is 5.92 Å². The van der Waals surface area contributed by atoms with Crippen LogP contribution in [0.5, 0.6) is 0 Å². The van der Waals surface area contributed by atoms with Crippen LogP contribution in [0.3, 0.4) is 0 Å². The van der Waals surface area contributed by atoms with E-state index in [1.165, 1.54) is 0 Å². The molecule has 4 heterocycles. The van der Waals surface area contributed by atoms with Crippen LogP contribution in [0.4, 0.5) is 16.2 Å². The van der Waals surface area contributed by atoms with E-state index in [2.05, 4.69) is 10.3 Å². The van der Waals surface area contributed by atoms with E-state index in [-0.39, 0.29) is 23.5 Å². The number of hydrogen-bond donors (Lipinski definition) is 2. The molecule has 11 nitrogen and oxygen atoms in total. The molecule has 4 aromatic rings. The fourth-order valence-corrected chi connectivity index (χ4v) is 10.3. The van der Waals surface area contributed by atoms with Gasteiger partial charge in [0.05, 0.1) is 31.1 Å². The molecule has 7 rings (SSSR count). The summed E-state index contributed by atoms with van der Waals surface area (Å²) in [6.45, 7) is 7.40. The molecule has 2 N–H and O–H groups in total. The highest BCUT2D eigenvalue weighted by molar-refractivity contribution is 6.71. The van der Waals surface area contributed by atoms with Crippen LogP contribution in [0, 0.1) is 5.92 Å². The van der Waals surface area contributed by atoms with Crippen molar-refractivity contribution in [2.45, 2.75) is 62.9 Å². The molecular formula is C35H39N5O6Si. The summed E-state index contributed by atoms with van der Waals surface area (Å²) < 4.78 is 13.7. The van der Waals surface area contributed by atoms with Gasteiger partial charge in [0, 0.05) is 29.3 Å². The Morgan fingerprint density at radius 3 is 2.55 bits per heavy atom. The number of benzene rings is 3. The predicted molar refractivity (Wildman–Crippen MR) is 177 cm³/mol. The average Bonchev–Trinajstić information content (AvgIpc) is 3.83. The van der Waals surface area contributed by atoms with Crippen LogP contribution >= 0.6 is 0 Å². The van der Waals surface area contributed by atoms with Gasteiger partial charge in [-0.2, -0.15) is 0 Å². The summed E-state index contributed by atoms with van der Waals surface area (Å²) in [5.74, 6) is -0.452. The Kier molecular flexibility index (Phi) is 7.99. The average molecular weight is 654 g/mol. The number of rotatable bonds is 9. The zero-order valence-corrected chi connectivity index (χ0v) is 27.7. The number of aliphatic hydroxyl groups is 1. The first-order valence-corrected chi connectivity index (χ1v) is 19.1. The van der Waals surface area contributed by atoms with Crippen LogP contribution in [-0.2, 0) is 33.0 Å². The Morgan fingerprint density at radius 1 is 1.04 bits per heavy atom. The van der Waals surface area contributed by atoms with E-state index >= 15 is 0 Å². The number of nitrogens with zero attached hydrogens (tertiary/aromatic N) is 5. The standard InChI is InChI=1S/C35H39N5O6Si/c1-23-32(47(2,3)44)30(16-17-38-22-28(36-37-38)31(41)25-11-5-4-6-12-25)46-35(23)27-14-7-8-15-29(27)40(33(35)42)21-24-10-9-13-26(20-24)39-18-19-45-34(39)43/h4-15,20,22-23,30-32,41,44H,16-19,21H2,1-3H3/t23-,30+,31-,32-,35+/m1/s1. The zero-order chi connectivity index (χ0) is 32.9. The SMILES string of the molecule is C[C@@H]1[C@@H]([Si](C)(C)O)[C@H](CCn2cc([C@H](O)c3ccccc3)nn2)O[C@@]12C(=O)N(Cc1cccc(N3CCOC3=O)c1)c1ccccc12. The first-order chi connectivity index (χ1) is 22.6. The number of fused-ring (bicyclic) bond motifs is 2. The van der Waals surface area contributed by atoms with Crippen molar-refractivity contribution in [3.8, 4) is 0 Å². The zero-order valence-electron chi connectivity index (χ0n) is 26.7. The smallest absolute Gasteiger partial charge is 0.414 e. The predicted octanol–water partition coefficient (Wildman–Crippen LogP) is 4.75. The molecule has 2 fully saturated rings. The highest BCUT2D eigenvalue weighted by Crippen LogP contribution is 2.59. The highest BCUT2D eigenvalue weighted by atomic mass is 28.4. The van der Waals surface area contributed by atoms with Gasteiger partial charge in [-0.25, -0.2) is 4.79 Å². The highest BCUT2D eigenvalue weighted by Gasteiger charge is 2.66. The van der Waals surface area contributed by atoms with Crippen molar-refractivity contribution < 1.29 is 29.0 Å². The normalized spacial score (nSPS) is 24.7. The molecule has 2 saturated heterocycles. The molecule has 1 aromatic heterocycles. The van der Waals surface area contributed by atoms with E-state index in [1.807, 2.05) is 98.9 Å². The van der Waals surface area contributed by atoms with E-state index < -0.39 is 26.1 Å². The number of hydrogen-bond acceptors (Lipinski definition) is 8. The largest absolute Gasteiger partial charge is 0.447 e. The van der Waals surface area contributed by atoms with Crippen LogP contribution in [-0.4, -0.2) is 64.5 Å².